The molecule has 0 spiro atoms. The first-order chi connectivity index (χ1) is 25.3. The van der Waals surface area contributed by atoms with Crippen molar-refractivity contribution in [2.45, 2.75) is 28.5 Å². The molecule has 6 rings (SSSR count). The number of carbonyl (C=O) groups is 1. The van der Waals surface area contributed by atoms with Gasteiger partial charge in [0.25, 0.3) is 5.91 Å². The highest BCUT2D eigenvalue weighted by Crippen LogP contribution is 2.32. The smallest absolute Gasteiger partial charge is 0.254 e. The molecule has 2 heterocycles. The van der Waals surface area contributed by atoms with Gasteiger partial charge in [-0.2, -0.15) is 9.97 Å². The molecule has 0 saturated carbocycles. The summed E-state index contributed by atoms with van der Waals surface area (Å²) >= 11 is 5.04. The molecule has 10 nitrogen and oxygen atoms in total. The predicted molar refractivity (Wildman–Crippen MR) is 218 cm³/mol. The number of ether oxygens (including phenoxy) is 1. The number of amides is 1. The Bertz CT molecular complexity index is 2130. The molecule has 0 bridgehead atoms. The lowest BCUT2D eigenvalue weighted by Crippen LogP contribution is -2.18. The average molecular weight is 749 g/mol. The van der Waals surface area contributed by atoms with Crippen molar-refractivity contribution >= 4 is 76.0 Å². The van der Waals surface area contributed by atoms with Crippen LogP contribution < -0.4 is 26.0 Å². The van der Waals surface area contributed by atoms with E-state index < -0.39 is 0 Å². The van der Waals surface area contributed by atoms with E-state index in [-0.39, 0.29) is 5.91 Å². The molecular formula is C39H40N8O2S3. The molecule has 4 aromatic carbocycles. The largest absolute Gasteiger partial charge is 0.438 e. The molecule has 0 saturated heterocycles. The summed E-state index contributed by atoms with van der Waals surface area (Å²) in [7, 11) is 1.58. The molecule has 4 N–H and O–H groups in total. The highest BCUT2D eigenvalue weighted by Gasteiger charge is 2.15. The third-order valence-electron chi connectivity index (χ3n) is 7.53. The summed E-state index contributed by atoms with van der Waals surface area (Å²) in [6.07, 6.45) is 9.67. The number of thioether (sulfide) groups is 3. The molecule has 0 aliphatic carbocycles. The van der Waals surface area contributed by atoms with Crippen molar-refractivity contribution in [2.24, 2.45) is 0 Å². The van der Waals surface area contributed by atoms with Crippen LogP contribution in [0, 0.1) is 13.8 Å². The van der Waals surface area contributed by atoms with E-state index in [4.69, 9.17) is 4.74 Å². The number of aryl methyl sites for hydroxylation is 2. The molecule has 0 aliphatic heterocycles. The molecule has 0 aliphatic rings. The minimum Gasteiger partial charge on any atom is -0.438 e. The second-order valence-electron chi connectivity index (χ2n) is 11.1. The van der Waals surface area contributed by atoms with Crippen LogP contribution in [-0.2, 0) is 0 Å². The highest BCUT2D eigenvalue weighted by molar-refractivity contribution is 7.99. The van der Waals surface area contributed by atoms with Gasteiger partial charge in [-0.05, 0) is 81.1 Å². The second kappa shape index (κ2) is 18.8. The number of nitrogens with one attached hydrogen (secondary N) is 4. The van der Waals surface area contributed by atoms with E-state index in [2.05, 4.69) is 71.9 Å². The number of para-hydroxylation sites is 4. The van der Waals surface area contributed by atoms with Crippen LogP contribution in [0.4, 0.5) is 34.8 Å². The average Bonchev–Trinajstić information content (AvgIpc) is 3.18. The zero-order chi connectivity index (χ0) is 36.9. The van der Waals surface area contributed by atoms with Crippen molar-refractivity contribution in [3.8, 4) is 11.6 Å². The highest BCUT2D eigenvalue weighted by atomic mass is 32.2. The van der Waals surface area contributed by atoms with Gasteiger partial charge in [-0.15, -0.1) is 35.3 Å². The Morgan fingerprint density at radius 2 is 1.06 bits per heavy atom. The predicted octanol–water partition coefficient (Wildman–Crippen LogP) is 10.1. The fourth-order valence-corrected chi connectivity index (χ4v) is 6.47. The second-order valence-corrected chi connectivity index (χ2v) is 13.6. The quantitative estimate of drug-likeness (QED) is 0.0890. The van der Waals surface area contributed by atoms with Crippen LogP contribution in [0.5, 0.6) is 11.6 Å². The van der Waals surface area contributed by atoms with E-state index in [0.29, 0.717) is 29.1 Å². The maximum Gasteiger partial charge on any atom is 0.254 e. The summed E-state index contributed by atoms with van der Waals surface area (Å²) < 4.78 is 5.94. The van der Waals surface area contributed by atoms with Crippen molar-refractivity contribution in [3.63, 3.8) is 0 Å². The van der Waals surface area contributed by atoms with Crippen LogP contribution in [0.3, 0.4) is 0 Å². The van der Waals surface area contributed by atoms with Crippen LogP contribution in [-0.4, -0.2) is 51.7 Å². The lowest BCUT2D eigenvalue weighted by atomic mass is 10.2. The maximum absolute atomic E-state index is 12.0. The zero-order valence-corrected chi connectivity index (χ0v) is 32.2. The summed E-state index contributed by atoms with van der Waals surface area (Å²) in [5.41, 5.74) is 5.19. The Kier molecular flexibility index (Phi) is 13.8. The molecule has 0 radical (unpaired) electrons. The van der Waals surface area contributed by atoms with Crippen LogP contribution in [0.15, 0.2) is 124 Å². The third-order valence-corrected chi connectivity index (χ3v) is 9.92. The Balaban J connectivity index is 0.000000202. The molecule has 0 fully saturated rings. The minimum absolute atomic E-state index is 0.218. The molecule has 0 atom stereocenters. The molecule has 266 valence electrons. The van der Waals surface area contributed by atoms with Crippen molar-refractivity contribution < 1.29 is 9.53 Å². The van der Waals surface area contributed by atoms with Gasteiger partial charge in [-0.25, -0.2) is 9.97 Å². The van der Waals surface area contributed by atoms with Gasteiger partial charge < -0.3 is 26.0 Å². The number of nitrogens with zero attached hydrogens (tertiary/aromatic N) is 4. The summed E-state index contributed by atoms with van der Waals surface area (Å²) in [6, 6.07) is 31.3. The standard InChI is InChI=1S/C20H20N4O2S.C19H20N4S2/c1-13-12-22-20(23-15-9-5-7-11-17(15)27-3)24-19(13)26-16-10-6-4-8-14(16)18(25)21-2;1-13-12-20-19(22-15-9-5-7-11-17(15)25-3)23-18(13)21-14-8-4-6-10-16(14)24-2/h4-12H,1-3H3,(H,21,25)(H,22,23,24);4-12H,1-3H3,(H2,20,21,22,23). The lowest BCUT2D eigenvalue weighted by Gasteiger charge is -2.14. The van der Waals surface area contributed by atoms with Gasteiger partial charge in [0.2, 0.25) is 17.8 Å². The Hall–Kier alpha value is -5.24. The van der Waals surface area contributed by atoms with Crippen LogP contribution in [0.2, 0.25) is 0 Å². The Labute approximate surface area is 317 Å². The minimum atomic E-state index is -0.218. The van der Waals surface area contributed by atoms with Gasteiger partial charge in [0.05, 0.1) is 22.6 Å². The van der Waals surface area contributed by atoms with Crippen LogP contribution in [0.1, 0.15) is 21.5 Å². The van der Waals surface area contributed by atoms with E-state index in [1.54, 1.807) is 66.7 Å². The number of hydrogen-bond donors (Lipinski definition) is 4. The molecule has 2 aromatic heterocycles. The molecule has 13 heteroatoms. The summed E-state index contributed by atoms with van der Waals surface area (Å²) in [6.45, 7) is 3.86. The van der Waals surface area contributed by atoms with E-state index in [9.17, 15) is 4.79 Å². The van der Waals surface area contributed by atoms with Crippen molar-refractivity contribution in [1.29, 1.82) is 0 Å². The van der Waals surface area contributed by atoms with E-state index in [1.807, 2.05) is 87.0 Å². The van der Waals surface area contributed by atoms with Gasteiger partial charge in [0.15, 0.2) is 0 Å². The van der Waals surface area contributed by atoms with Crippen LogP contribution >= 0.6 is 35.3 Å². The topological polar surface area (TPSA) is 126 Å². The van der Waals surface area contributed by atoms with Crippen molar-refractivity contribution in [3.05, 3.63) is 126 Å². The normalized spacial score (nSPS) is 10.4. The Morgan fingerprint density at radius 3 is 1.60 bits per heavy atom. The SMILES string of the molecule is CNC(=O)c1ccccc1Oc1nc(Nc2ccccc2SC)ncc1C.CSc1ccccc1Nc1ncc(C)c(Nc2ccccc2SC)n1. The first-order valence-corrected chi connectivity index (χ1v) is 19.9. The molecular weight excluding hydrogens is 709 g/mol. The monoisotopic (exact) mass is 748 g/mol. The van der Waals surface area contributed by atoms with Gasteiger partial charge in [0.1, 0.15) is 11.6 Å². The molecule has 0 unspecified atom stereocenters. The first-order valence-electron chi connectivity index (χ1n) is 16.2. The Morgan fingerprint density at radius 1 is 0.596 bits per heavy atom. The van der Waals surface area contributed by atoms with Gasteiger partial charge in [-0.1, -0.05) is 48.5 Å². The summed E-state index contributed by atoms with van der Waals surface area (Å²) in [5.74, 6) is 2.43. The van der Waals surface area contributed by atoms with Gasteiger partial charge in [-0.3, -0.25) is 4.79 Å². The van der Waals surface area contributed by atoms with E-state index >= 15 is 0 Å². The van der Waals surface area contributed by atoms with Crippen molar-refractivity contribution in [2.75, 3.05) is 41.8 Å². The number of hydrogen-bond acceptors (Lipinski definition) is 12. The molecule has 52 heavy (non-hydrogen) atoms. The van der Waals surface area contributed by atoms with Crippen LogP contribution in [0.25, 0.3) is 0 Å². The molecule has 1 amide bonds. The van der Waals surface area contributed by atoms with Gasteiger partial charge in [0, 0.05) is 45.3 Å². The lowest BCUT2D eigenvalue weighted by molar-refractivity contribution is 0.0960. The number of aromatic nitrogens is 4. The number of carbonyl (C=O) groups excluding carboxylic acids is 1. The summed E-state index contributed by atoms with van der Waals surface area (Å²) in [5, 5.41) is 12.6. The van der Waals surface area contributed by atoms with E-state index in [1.165, 1.54) is 4.90 Å². The fourth-order valence-electron chi connectivity index (χ4n) is 4.81. The first kappa shape index (κ1) is 38.0. The maximum atomic E-state index is 12.0. The summed E-state index contributed by atoms with van der Waals surface area (Å²) in [4.78, 5) is 33.4. The molecule has 6 aromatic rings. The zero-order valence-electron chi connectivity index (χ0n) is 29.7. The number of anilines is 6. The number of rotatable bonds is 12. The number of benzene rings is 4. The fraction of sp³-hybridized carbons (Fsp3) is 0.154. The third kappa shape index (κ3) is 9.96. The van der Waals surface area contributed by atoms with E-state index in [0.717, 1.165) is 43.8 Å². The van der Waals surface area contributed by atoms with Crippen molar-refractivity contribution in [1.82, 2.24) is 25.3 Å². The van der Waals surface area contributed by atoms with Gasteiger partial charge >= 0.3 is 0 Å².